The fourth-order valence-corrected chi connectivity index (χ4v) is 2.97. The van der Waals surface area contributed by atoms with Gasteiger partial charge in [0, 0.05) is 19.5 Å². The van der Waals surface area contributed by atoms with Crippen LogP contribution in [0.3, 0.4) is 0 Å². The van der Waals surface area contributed by atoms with E-state index >= 15 is 0 Å². The Labute approximate surface area is 116 Å². The molecule has 2 atom stereocenters. The molecule has 6 nitrogen and oxygen atoms in total. The normalized spacial score (nSPS) is 22.5. The lowest BCUT2D eigenvalue weighted by Gasteiger charge is -2.22. The fraction of sp³-hybridized carbons (Fsp3) is 0.750. The molecule has 1 heterocycles. The number of hydrogen-bond acceptors (Lipinski definition) is 5. The minimum atomic E-state index is -0.275. The summed E-state index contributed by atoms with van der Waals surface area (Å²) >= 11 is 1.39. The Hall–Kier alpha value is -1.21. The molecule has 0 spiro atoms. The lowest BCUT2D eigenvalue weighted by atomic mass is 10.1. The van der Waals surface area contributed by atoms with Crippen LogP contribution in [0.5, 0.6) is 0 Å². The van der Waals surface area contributed by atoms with Crippen molar-refractivity contribution in [3.8, 4) is 0 Å². The Morgan fingerprint density at radius 2 is 2.32 bits per heavy atom. The molecule has 1 aromatic rings. The fourth-order valence-electron chi connectivity index (χ4n) is 2.30. The van der Waals surface area contributed by atoms with Crippen molar-refractivity contribution < 1.29 is 9.90 Å². The van der Waals surface area contributed by atoms with Crippen LogP contribution in [0.2, 0.25) is 0 Å². The highest BCUT2D eigenvalue weighted by atomic mass is 32.1. The lowest BCUT2D eigenvalue weighted by molar-refractivity contribution is 0.116. The molecule has 1 fully saturated rings. The van der Waals surface area contributed by atoms with Gasteiger partial charge in [0.1, 0.15) is 5.01 Å². The molecule has 2 unspecified atom stereocenters. The molecule has 0 radical (unpaired) electrons. The van der Waals surface area contributed by atoms with Gasteiger partial charge in [-0.2, -0.15) is 0 Å². The van der Waals surface area contributed by atoms with Gasteiger partial charge in [0.15, 0.2) is 0 Å². The zero-order chi connectivity index (χ0) is 13.8. The Bertz CT molecular complexity index is 437. The molecule has 1 aromatic heterocycles. The average molecular weight is 284 g/mol. The van der Waals surface area contributed by atoms with Gasteiger partial charge in [-0.15, -0.1) is 10.2 Å². The van der Waals surface area contributed by atoms with E-state index in [0.717, 1.165) is 30.7 Å². The highest BCUT2D eigenvalue weighted by Crippen LogP contribution is 2.26. The molecule has 0 aromatic carbocycles. The summed E-state index contributed by atoms with van der Waals surface area (Å²) < 4.78 is 0. The van der Waals surface area contributed by atoms with Gasteiger partial charge in [0.2, 0.25) is 5.13 Å². The zero-order valence-corrected chi connectivity index (χ0v) is 12.1. The van der Waals surface area contributed by atoms with E-state index in [4.69, 9.17) is 0 Å². The first-order valence-electron chi connectivity index (χ1n) is 6.62. The van der Waals surface area contributed by atoms with Gasteiger partial charge in [0.05, 0.1) is 6.10 Å². The molecule has 2 amide bonds. The molecular weight excluding hydrogens is 264 g/mol. The molecule has 0 bridgehead atoms. The van der Waals surface area contributed by atoms with E-state index in [2.05, 4.69) is 15.5 Å². The predicted octanol–water partition coefficient (Wildman–Crippen LogP) is 1.73. The van der Waals surface area contributed by atoms with Gasteiger partial charge in [-0.3, -0.25) is 5.32 Å². The number of amides is 2. The van der Waals surface area contributed by atoms with Crippen molar-refractivity contribution >= 4 is 22.5 Å². The van der Waals surface area contributed by atoms with E-state index < -0.39 is 0 Å². The van der Waals surface area contributed by atoms with E-state index in [0.29, 0.717) is 11.7 Å². The van der Waals surface area contributed by atoms with Gasteiger partial charge in [-0.05, 0) is 19.3 Å². The molecule has 106 valence electrons. The summed E-state index contributed by atoms with van der Waals surface area (Å²) in [6.45, 7) is 2.58. The Balaban J connectivity index is 1.85. The lowest BCUT2D eigenvalue weighted by Crippen LogP contribution is -2.37. The third-order valence-corrected chi connectivity index (χ3v) is 4.44. The second-order valence-electron chi connectivity index (χ2n) is 4.92. The number of urea groups is 1. The Morgan fingerprint density at radius 1 is 1.53 bits per heavy atom. The third kappa shape index (κ3) is 3.63. The number of aromatic nitrogens is 2. The van der Waals surface area contributed by atoms with Crippen molar-refractivity contribution in [2.45, 2.75) is 38.7 Å². The summed E-state index contributed by atoms with van der Waals surface area (Å²) in [5, 5.41) is 21.8. The molecule has 2 rings (SSSR count). The van der Waals surface area contributed by atoms with Gasteiger partial charge >= 0.3 is 6.03 Å². The standard InChI is InChI=1S/C12H20N4O2S/c1-3-10-14-15-11(19-10)13-12(18)16(2)7-8-5-4-6-9(8)17/h8-9,17H,3-7H2,1-2H3,(H,13,15,18). The summed E-state index contributed by atoms with van der Waals surface area (Å²) in [5.41, 5.74) is 0. The minimum absolute atomic E-state index is 0.191. The molecule has 1 aliphatic carbocycles. The molecule has 7 heteroatoms. The topological polar surface area (TPSA) is 78.4 Å². The van der Waals surface area contributed by atoms with Crippen molar-refractivity contribution in [3.05, 3.63) is 5.01 Å². The highest BCUT2D eigenvalue weighted by Gasteiger charge is 2.27. The number of nitrogens with one attached hydrogen (secondary N) is 1. The van der Waals surface area contributed by atoms with Gasteiger partial charge in [0.25, 0.3) is 0 Å². The summed E-state index contributed by atoms with van der Waals surface area (Å²) in [4.78, 5) is 13.6. The number of carbonyl (C=O) groups is 1. The van der Waals surface area contributed by atoms with Crippen molar-refractivity contribution in [3.63, 3.8) is 0 Å². The number of aliphatic hydroxyl groups is 1. The second kappa shape index (κ2) is 6.29. The van der Waals surface area contributed by atoms with E-state index in [9.17, 15) is 9.90 Å². The number of hydrogen-bond donors (Lipinski definition) is 2. The number of nitrogens with zero attached hydrogens (tertiary/aromatic N) is 3. The van der Waals surface area contributed by atoms with Gasteiger partial charge < -0.3 is 10.0 Å². The van der Waals surface area contributed by atoms with E-state index in [-0.39, 0.29) is 18.1 Å². The maximum Gasteiger partial charge on any atom is 0.323 e. The van der Waals surface area contributed by atoms with Gasteiger partial charge in [-0.1, -0.05) is 24.7 Å². The summed E-state index contributed by atoms with van der Waals surface area (Å²) in [6.07, 6.45) is 3.41. The monoisotopic (exact) mass is 284 g/mol. The van der Waals surface area contributed by atoms with Crippen molar-refractivity contribution in [1.29, 1.82) is 0 Å². The van der Waals surface area contributed by atoms with Crippen LogP contribution in [0, 0.1) is 5.92 Å². The van der Waals surface area contributed by atoms with Crippen molar-refractivity contribution in [2.24, 2.45) is 5.92 Å². The quantitative estimate of drug-likeness (QED) is 0.882. The van der Waals surface area contributed by atoms with E-state index in [1.807, 2.05) is 6.92 Å². The first-order valence-corrected chi connectivity index (χ1v) is 7.44. The van der Waals surface area contributed by atoms with Crippen LogP contribution < -0.4 is 5.32 Å². The van der Waals surface area contributed by atoms with Crippen LogP contribution in [0.15, 0.2) is 0 Å². The Kier molecular flexibility index (Phi) is 4.71. The van der Waals surface area contributed by atoms with Crippen LogP contribution >= 0.6 is 11.3 Å². The summed E-state index contributed by atoms with van der Waals surface area (Å²) in [6, 6.07) is -0.196. The number of anilines is 1. The minimum Gasteiger partial charge on any atom is -0.393 e. The number of aryl methyl sites for hydroxylation is 1. The first kappa shape index (κ1) is 14.2. The first-order chi connectivity index (χ1) is 9.10. The molecule has 0 aliphatic heterocycles. The van der Waals surface area contributed by atoms with E-state index in [1.165, 1.54) is 11.3 Å². The molecule has 1 aliphatic rings. The predicted molar refractivity (Wildman–Crippen MR) is 74.3 cm³/mol. The van der Waals surface area contributed by atoms with Crippen molar-refractivity contribution in [1.82, 2.24) is 15.1 Å². The highest BCUT2D eigenvalue weighted by molar-refractivity contribution is 7.15. The van der Waals surface area contributed by atoms with Gasteiger partial charge in [-0.25, -0.2) is 4.79 Å². The van der Waals surface area contributed by atoms with Crippen LogP contribution in [0.1, 0.15) is 31.2 Å². The molecular formula is C12H20N4O2S. The maximum atomic E-state index is 12.0. The molecule has 2 N–H and O–H groups in total. The van der Waals surface area contributed by atoms with Crippen molar-refractivity contribution in [2.75, 3.05) is 18.9 Å². The van der Waals surface area contributed by atoms with E-state index in [1.54, 1.807) is 11.9 Å². The maximum absolute atomic E-state index is 12.0. The summed E-state index contributed by atoms with van der Waals surface area (Å²) in [5.74, 6) is 0.191. The average Bonchev–Trinajstić information content (AvgIpc) is 2.99. The molecule has 0 saturated heterocycles. The smallest absolute Gasteiger partial charge is 0.323 e. The van der Waals surface area contributed by atoms with Crippen LogP contribution in [0.4, 0.5) is 9.93 Å². The third-order valence-electron chi connectivity index (χ3n) is 3.46. The second-order valence-corrected chi connectivity index (χ2v) is 5.99. The van der Waals surface area contributed by atoms with Crippen LogP contribution in [-0.2, 0) is 6.42 Å². The number of aliphatic hydroxyl groups excluding tert-OH is 1. The summed E-state index contributed by atoms with van der Waals surface area (Å²) in [7, 11) is 1.74. The molecule has 1 saturated carbocycles. The largest absolute Gasteiger partial charge is 0.393 e. The Morgan fingerprint density at radius 3 is 2.89 bits per heavy atom. The SMILES string of the molecule is CCc1nnc(NC(=O)N(C)CC2CCCC2O)s1. The number of carbonyl (C=O) groups excluding carboxylic acids is 1. The van der Waals surface area contributed by atoms with Crippen LogP contribution in [-0.4, -0.2) is 45.9 Å². The number of rotatable bonds is 4. The molecule has 19 heavy (non-hydrogen) atoms. The zero-order valence-electron chi connectivity index (χ0n) is 11.3. The van der Waals surface area contributed by atoms with Crippen LogP contribution in [0.25, 0.3) is 0 Å².